The number of nitrogens with zero attached hydrogens (tertiary/aromatic N) is 4. The Morgan fingerprint density at radius 2 is 1.73 bits per heavy atom. The molecule has 2 N–H and O–H groups in total. The zero-order valence-corrected chi connectivity index (χ0v) is 21.7. The summed E-state index contributed by atoms with van der Waals surface area (Å²) < 4.78 is 28.6. The number of nitro benzene ring substituents is 1. The molecule has 10 nitrogen and oxygen atoms in total. The summed E-state index contributed by atoms with van der Waals surface area (Å²) >= 11 is 6.08. The van der Waals surface area contributed by atoms with Gasteiger partial charge in [-0.2, -0.15) is 5.10 Å². The van der Waals surface area contributed by atoms with Crippen molar-refractivity contribution in [3.05, 3.63) is 93.0 Å². The highest BCUT2D eigenvalue weighted by Crippen LogP contribution is 2.30. The van der Waals surface area contributed by atoms with Crippen LogP contribution >= 0.6 is 11.6 Å². The molecule has 3 aromatic rings. The lowest BCUT2D eigenvalue weighted by Gasteiger charge is -2.32. The molecule has 0 atom stereocenters. The maximum absolute atomic E-state index is 13.1. The van der Waals surface area contributed by atoms with Gasteiger partial charge < -0.3 is 4.90 Å². The van der Waals surface area contributed by atoms with Gasteiger partial charge in [-0.25, -0.2) is 8.42 Å². The number of hydrogen-bond acceptors (Lipinski definition) is 8. The van der Waals surface area contributed by atoms with Crippen LogP contribution < -0.4 is 10.1 Å². The van der Waals surface area contributed by atoms with Gasteiger partial charge in [0.2, 0.25) is 0 Å². The number of non-ortho nitro benzene ring substituents is 1. The number of sulfonamides is 1. The van der Waals surface area contributed by atoms with E-state index < -0.39 is 14.9 Å². The van der Waals surface area contributed by atoms with Crippen molar-refractivity contribution in [3.63, 3.8) is 0 Å². The van der Waals surface area contributed by atoms with E-state index in [2.05, 4.69) is 32.1 Å². The Balaban J connectivity index is 1.48. The van der Waals surface area contributed by atoms with Gasteiger partial charge in [-0.3, -0.25) is 25.2 Å². The summed E-state index contributed by atoms with van der Waals surface area (Å²) in [5.41, 5.74) is 4.57. The molecular weight excluding hydrogens is 516 g/mol. The first-order chi connectivity index (χ1) is 17.7. The summed E-state index contributed by atoms with van der Waals surface area (Å²) in [4.78, 5) is 15.0. The first-order valence-corrected chi connectivity index (χ1v) is 13.4. The second-order valence-corrected chi connectivity index (χ2v) is 10.8. The predicted molar refractivity (Wildman–Crippen MR) is 146 cm³/mol. The summed E-state index contributed by atoms with van der Waals surface area (Å²) in [6, 6.07) is 17.7. The van der Waals surface area contributed by atoms with Crippen molar-refractivity contribution in [2.24, 2.45) is 5.10 Å². The van der Waals surface area contributed by atoms with E-state index in [-0.39, 0.29) is 27.0 Å². The summed E-state index contributed by atoms with van der Waals surface area (Å²) in [6.07, 6.45) is 1.55. The number of nitrogens with one attached hydrogen (secondary N) is 2. The molecule has 1 saturated heterocycles. The third-order valence-electron chi connectivity index (χ3n) is 5.96. The second-order valence-electron chi connectivity index (χ2n) is 8.71. The highest BCUT2D eigenvalue weighted by Gasteiger charge is 2.23. The Hall–Kier alpha value is -3.51. The monoisotopic (exact) mass is 542 g/mol. The lowest BCUT2D eigenvalue weighted by atomic mass is 10.1. The van der Waals surface area contributed by atoms with E-state index in [0.29, 0.717) is 0 Å². The van der Waals surface area contributed by atoms with Gasteiger partial charge in [0, 0.05) is 44.9 Å². The fourth-order valence-corrected chi connectivity index (χ4v) is 5.33. The van der Waals surface area contributed by atoms with Gasteiger partial charge >= 0.3 is 0 Å². The van der Waals surface area contributed by atoms with Crippen LogP contribution in [0.25, 0.3) is 0 Å². The number of rotatable bonds is 9. The normalized spacial score (nSPS) is 15.1. The van der Waals surface area contributed by atoms with Gasteiger partial charge in [0.15, 0.2) is 0 Å². The molecular formula is C25H27ClN6O4S. The average molecular weight is 543 g/mol. The molecule has 0 spiro atoms. The van der Waals surface area contributed by atoms with Crippen molar-refractivity contribution in [1.29, 1.82) is 0 Å². The topological polar surface area (TPSA) is 120 Å². The second kappa shape index (κ2) is 11.7. The molecule has 12 heteroatoms. The number of benzene rings is 3. The molecule has 1 aliphatic heterocycles. The molecule has 1 fully saturated rings. The van der Waals surface area contributed by atoms with E-state index in [0.717, 1.165) is 44.4 Å². The van der Waals surface area contributed by atoms with E-state index in [1.54, 1.807) is 18.3 Å². The number of likely N-dealkylation sites (N-methyl/N-ethyl adjacent to an activating group) is 1. The summed E-state index contributed by atoms with van der Waals surface area (Å²) in [5.74, 6) is 0. The van der Waals surface area contributed by atoms with Crippen LogP contribution in [0.3, 0.4) is 0 Å². The minimum atomic E-state index is -4.22. The first-order valence-electron chi connectivity index (χ1n) is 11.6. The predicted octanol–water partition coefficient (Wildman–Crippen LogP) is 4.24. The van der Waals surface area contributed by atoms with E-state index >= 15 is 0 Å². The molecule has 0 radical (unpaired) electrons. The van der Waals surface area contributed by atoms with Gasteiger partial charge in [0.05, 0.1) is 27.5 Å². The molecule has 0 bridgehead atoms. The summed E-state index contributed by atoms with van der Waals surface area (Å²) in [5, 5.41) is 15.6. The van der Waals surface area contributed by atoms with Gasteiger partial charge in [0.25, 0.3) is 15.7 Å². The minimum absolute atomic E-state index is 0.0769. The van der Waals surface area contributed by atoms with Gasteiger partial charge in [0.1, 0.15) is 4.90 Å². The Labute approximate surface area is 220 Å². The molecule has 0 aliphatic carbocycles. The van der Waals surface area contributed by atoms with Crippen molar-refractivity contribution in [1.82, 2.24) is 9.80 Å². The zero-order valence-electron chi connectivity index (χ0n) is 20.2. The largest absolute Gasteiger partial charge is 0.304 e. The van der Waals surface area contributed by atoms with Crippen LogP contribution in [0.15, 0.2) is 76.7 Å². The number of para-hydroxylation sites is 1. The lowest BCUT2D eigenvalue weighted by molar-refractivity contribution is -0.385. The van der Waals surface area contributed by atoms with Crippen molar-refractivity contribution < 1.29 is 13.3 Å². The van der Waals surface area contributed by atoms with E-state index in [1.165, 1.54) is 29.8 Å². The van der Waals surface area contributed by atoms with Gasteiger partial charge in [-0.05, 0) is 36.4 Å². The standard InChI is InChI=1S/C25H27ClN6O4S/c1-30-12-14-31(15-13-30)18-20-8-6-19(7-9-20)17-27-28-24-11-10-21(32(33)34)16-25(24)37(35,36)29-23-5-3-2-4-22(23)26/h2-11,16-17,28-29H,12-15,18H2,1H3/b27-17+. The molecule has 0 amide bonds. The number of anilines is 2. The van der Waals surface area contributed by atoms with E-state index in [4.69, 9.17) is 11.6 Å². The molecule has 3 aromatic carbocycles. The Morgan fingerprint density at radius 3 is 2.41 bits per heavy atom. The van der Waals surface area contributed by atoms with Crippen molar-refractivity contribution in [3.8, 4) is 0 Å². The smallest absolute Gasteiger partial charge is 0.270 e. The lowest BCUT2D eigenvalue weighted by Crippen LogP contribution is -2.43. The Bertz CT molecular complexity index is 1390. The number of halogens is 1. The van der Waals surface area contributed by atoms with Crippen LogP contribution in [0, 0.1) is 10.1 Å². The first kappa shape index (κ1) is 26.6. The fourth-order valence-electron chi connectivity index (χ4n) is 3.83. The van der Waals surface area contributed by atoms with Gasteiger partial charge in [-0.15, -0.1) is 0 Å². The van der Waals surface area contributed by atoms with Crippen molar-refractivity contribution in [2.45, 2.75) is 11.4 Å². The van der Waals surface area contributed by atoms with Crippen LogP contribution in [0.4, 0.5) is 17.1 Å². The van der Waals surface area contributed by atoms with E-state index in [1.807, 2.05) is 24.3 Å². The SMILES string of the molecule is CN1CCN(Cc2ccc(/C=N/Nc3ccc([N+](=O)[O-])cc3S(=O)(=O)Nc3ccccc3Cl)cc2)CC1. The molecule has 37 heavy (non-hydrogen) atoms. The van der Waals surface area contributed by atoms with E-state index in [9.17, 15) is 18.5 Å². The molecule has 0 unspecified atom stereocenters. The van der Waals surface area contributed by atoms with Crippen LogP contribution in [0.1, 0.15) is 11.1 Å². The molecule has 4 rings (SSSR count). The highest BCUT2D eigenvalue weighted by molar-refractivity contribution is 7.93. The number of piperazine rings is 1. The van der Waals surface area contributed by atoms with Crippen LogP contribution in [0.5, 0.6) is 0 Å². The summed E-state index contributed by atoms with van der Waals surface area (Å²) in [6.45, 7) is 5.08. The minimum Gasteiger partial charge on any atom is -0.304 e. The van der Waals surface area contributed by atoms with Crippen LogP contribution in [-0.4, -0.2) is 62.6 Å². The third-order valence-corrected chi connectivity index (χ3v) is 7.70. The number of hydrazone groups is 1. The molecule has 1 aliphatic rings. The molecule has 0 saturated carbocycles. The Kier molecular flexibility index (Phi) is 8.39. The average Bonchev–Trinajstić information content (AvgIpc) is 2.88. The molecule has 194 valence electrons. The maximum Gasteiger partial charge on any atom is 0.270 e. The Morgan fingerprint density at radius 1 is 1.03 bits per heavy atom. The third kappa shape index (κ3) is 7.04. The molecule has 0 aromatic heterocycles. The van der Waals surface area contributed by atoms with Gasteiger partial charge in [-0.1, -0.05) is 48.0 Å². The van der Waals surface area contributed by atoms with Crippen molar-refractivity contribution >= 4 is 44.9 Å². The number of nitro groups is 1. The van der Waals surface area contributed by atoms with Crippen LogP contribution in [-0.2, 0) is 16.6 Å². The highest BCUT2D eigenvalue weighted by atomic mass is 35.5. The van der Waals surface area contributed by atoms with Crippen molar-refractivity contribution in [2.75, 3.05) is 43.4 Å². The fraction of sp³-hybridized carbons (Fsp3) is 0.240. The summed E-state index contributed by atoms with van der Waals surface area (Å²) in [7, 11) is -2.09. The quantitative estimate of drug-likeness (QED) is 0.236. The number of hydrogen-bond donors (Lipinski definition) is 2. The maximum atomic E-state index is 13.1. The van der Waals surface area contributed by atoms with Crippen LogP contribution in [0.2, 0.25) is 5.02 Å². The molecule has 1 heterocycles. The zero-order chi connectivity index (χ0) is 26.4.